The number of aliphatic hydroxyl groups is 1. The van der Waals surface area contributed by atoms with Gasteiger partial charge in [0.2, 0.25) is 0 Å². The van der Waals surface area contributed by atoms with Crippen LogP contribution in [0, 0.1) is 28.6 Å². The molecule has 3 aliphatic carbocycles. The number of hydrogen-bond donors (Lipinski definition) is 1. The number of carbonyl (C=O) groups is 1. The van der Waals surface area contributed by atoms with Gasteiger partial charge in [0, 0.05) is 5.92 Å². The summed E-state index contributed by atoms with van der Waals surface area (Å²) in [5.41, 5.74) is 1.46. The molecule has 2 nitrogen and oxygen atoms in total. The van der Waals surface area contributed by atoms with Gasteiger partial charge in [0.15, 0.2) is 5.78 Å². The summed E-state index contributed by atoms with van der Waals surface area (Å²) in [7, 11) is 0. The van der Waals surface area contributed by atoms with Crippen LogP contribution in [0.3, 0.4) is 0 Å². The molecule has 3 aliphatic rings. The van der Waals surface area contributed by atoms with E-state index in [9.17, 15) is 9.90 Å². The summed E-state index contributed by atoms with van der Waals surface area (Å²) in [6.45, 7) is 8.99. The first-order valence-electron chi connectivity index (χ1n) is 8.66. The van der Waals surface area contributed by atoms with Crippen LogP contribution in [-0.2, 0) is 4.79 Å². The van der Waals surface area contributed by atoms with Crippen LogP contribution in [-0.4, -0.2) is 17.0 Å². The highest BCUT2D eigenvalue weighted by atomic mass is 16.3. The molecule has 5 unspecified atom stereocenters. The maximum absolute atomic E-state index is 12.6. The molecule has 0 aromatic rings. The maximum Gasteiger partial charge on any atom is 0.158 e. The predicted molar refractivity (Wildman–Crippen MR) is 84.8 cm³/mol. The van der Waals surface area contributed by atoms with Crippen molar-refractivity contribution >= 4 is 5.78 Å². The van der Waals surface area contributed by atoms with Crippen LogP contribution in [0.1, 0.15) is 66.2 Å². The van der Waals surface area contributed by atoms with Gasteiger partial charge in [-0.25, -0.2) is 0 Å². The van der Waals surface area contributed by atoms with Crippen LogP contribution in [0.15, 0.2) is 11.6 Å². The van der Waals surface area contributed by atoms with Crippen LogP contribution >= 0.6 is 0 Å². The zero-order valence-corrected chi connectivity index (χ0v) is 14.0. The molecule has 0 spiro atoms. The Morgan fingerprint density at radius 1 is 1.14 bits per heavy atom. The van der Waals surface area contributed by atoms with Gasteiger partial charge >= 0.3 is 0 Å². The molecule has 0 aliphatic heterocycles. The minimum atomic E-state index is -0.187. The summed E-state index contributed by atoms with van der Waals surface area (Å²) < 4.78 is 0. The van der Waals surface area contributed by atoms with Gasteiger partial charge in [-0.05, 0) is 74.2 Å². The minimum Gasteiger partial charge on any atom is -0.393 e. The van der Waals surface area contributed by atoms with Crippen molar-refractivity contribution in [1.29, 1.82) is 0 Å². The van der Waals surface area contributed by atoms with Crippen molar-refractivity contribution in [2.24, 2.45) is 28.6 Å². The van der Waals surface area contributed by atoms with Crippen molar-refractivity contribution in [2.75, 3.05) is 0 Å². The number of hydrogen-bond acceptors (Lipinski definition) is 2. The molecule has 118 valence electrons. The highest BCUT2D eigenvalue weighted by Crippen LogP contribution is 2.62. The third-order valence-electron chi connectivity index (χ3n) is 7.21. The van der Waals surface area contributed by atoms with E-state index in [1.807, 2.05) is 6.08 Å². The molecule has 21 heavy (non-hydrogen) atoms. The molecule has 2 heteroatoms. The first-order valence-corrected chi connectivity index (χ1v) is 8.66. The molecular weight excluding hydrogens is 260 g/mol. The average Bonchev–Trinajstić information content (AvgIpc) is 2.55. The van der Waals surface area contributed by atoms with E-state index in [0.717, 1.165) is 38.5 Å². The van der Waals surface area contributed by atoms with E-state index in [2.05, 4.69) is 27.7 Å². The molecule has 2 saturated carbocycles. The standard InChI is InChI=1S/C19H30O2/c1-12-5-7-14-13(15(20)11-12)6-8-16-18(2,3)17(21)9-10-19(14,16)4/h11,13-14,16-17,21H,5-10H2,1-4H3. The summed E-state index contributed by atoms with van der Waals surface area (Å²) in [6, 6.07) is 0. The SMILES string of the molecule is CC1=CC(=O)C2CCC3C(C)(C)C(O)CCC3(C)C2CC1. The van der Waals surface area contributed by atoms with E-state index < -0.39 is 0 Å². The van der Waals surface area contributed by atoms with E-state index in [0.29, 0.717) is 17.6 Å². The van der Waals surface area contributed by atoms with Crippen LogP contribution in [0.2, 0.25) is 0 Å². The molecule has 2 fully saturated rings. The van der Waals surface area contributed by atoms with Gasteiger partial charge in [-0.1, -0.05) is 26.3 Å². The Kier molecular flexibility index (Phi) is 3.59. The number of carbonyl (C=O) groups excluding carboxylic acids is 1. The molecule has 0 radical (unpaired) electrons. The monoisotopic (exact) mass is 290 g/mol. The smallest absolute Gasteiger partial charge is 0.158 e. The lowest BCUT2D eigenvalue weighted by Gasteiger charge is -2.60. The van der Waals surface area contributed by atoms with Crippen LogP contribution in [0.25, 0.3) is 0 Å². The molecule has 0 aromatic carbocycles. The maximum atomic E-state index is 12.6. The Hall–Kier alpha value is -0.630. The van der Waals surface area contributed by atoms with Crippen molar-refractivity contribution < 1.29 is 9.90 Å². The van der Waals surface area contributed by atoms with Crippen LogP contribution in [0.5, 0.6) is 0 Å². The highest BCUT2D eigenvalue weighted by Gasteiger charge is 2.58. The fraction of sp³-hybridized carbons (Fsp3) is 0.842. The normalized spacial score (nSPS) is 46.1. The highest BCUT2D eigenvalue weighted by molar-refractivity contribution is 5.93. The third-order valence-corrected chi connectivity index (χ3v) is 7.21. The van der Waals surface area contributed by atoms with E-state index in [1.54, 1.807) is 0 Å². The number of rotatable bonds is 0. The third kappa shape index (κ3) is 2.21. The molecule has 0 heterocycles. The lowest BCUT2D eigenvalue weighted by molar-refractivity contribution is -0.157. The van der Waals surface area contributed by atoms with Crippen molar-refractivity contribution in [3.05, 3.63) is 11.6 Å². The fourth-order valence-electron chi connectivity index (χ4n) is 5.91. The summed E-state index contributed by atoms with van der Waals surface area (Å²) in [6.07, 6.45) is 8.03. The summed E-state index contributed by atoms with van der Waals surface area (Å²) in [4.78, 5) is 12.6. The van der Waals surface area contributed by atoms with E-state index in [4.69, 9.17) is 0 Å². The Morgan fingerprint density at radius 3 is 2.57 bits per heavy atom. The molecule has 3 rings (SSSR count). The summed E-state index contributed by atoms with van der Waals surface area (Å²) >= 11 is 0. The van der Waals surface area contributed by atoms with Gasteiger partial charge in [-0.2, -0.15) is 0 Å². The van der Waals surface area contributed by atoms with Crippen LogP contribution in [0.4, 0.5) is 0 Å². The molecule has 1 N–H and O–H groups in total. The first-order chi connectivity index (χ1) is 9.76. The quantitative estimate of drug-likeness (QED) is 0.728. The fourth-order valence-corrected chi connectivity index (χ4v) is 5.91. The first kappa shape index (κ1) is 15.3. The van der Waals surface area contributed by atoms with Crippen molar-refractivity contribution in [3.8, 4) is 0 Å². The summed E-state index contributed by atoms with van der Waals surface area (Å²) in [5.74, 6) is 1.65. The van der Waals surface area contributed by atoms with Gasteiger partial charge in [0.25, 0.3) is 0 Å². The zero-order valence-electron chi connectivity index (χ0n) is 14.0. The molecular formula is C19H30O2. The molecule has 5 atom stereocenters. The Morgan fingerprint density at radius 2 is 1.86 bits per heavy atom. The second-order valence-corrected chi connectivity index (χ2v) is 8.66. The molecule has 0 bridgehead atoms. The second-order valence-electron chi connectivity index (χ2n) is 8.66. The molecule has 0 amide bonds. The van der Waals surface area contributed by atoms with Crippen molar-refractivity contribution in [3.63, 3.8) is 0 Å². The largest absolute Gasteiger partial charge is 0.393 e. The molecule has 0 aromatic heterocycles. The Labute approximate surface area is 129 Å². The lowest BCUT2D eigenvalue weighted by Crippen LogP contribution is -2.56. The average molecular weight is 290 g/mol. The number of ketones is 1. The summed E-state index contributed by atoms with van der Waals surface area (Å²) in [5, 5.41) is 10.5. The minimum absolute atomic E-state index is 0.0181. The molecule has 0 saturated heterocycles. The predicted octanol–water partition coefficient (Wildman–Crippen LogP) is 4.13. The van der Waals surface area contributed by atoms with Gasteiger partial charge < -0.3 is 5.11 Å². The van der Waals surface area contributed by atoms with Crippen molar-refractivity contribution in [2.45, 2.75) is 72.3 Å². The van der Waals surface area contributed by atoms with E-state index in [-0.39, 0.29) is 22.9 Å². The van der Waals surface area contributed by atoms with E-state index in [1.165, 1.54) is 5.57 Å². The topological polar surface area (TPSA) is 37.3 Å². The Balaban J connectivity index is 1.96. The van der Waals surface area contributed by atoms with Crippen molar-refractivity contribution in [1.82, 2.24) is 0 Å². The number of aliphatic hydroxyl groups excluding tert-OH is 1. The van der Waals surface area contributed by atoms with E-state index >= 15 is 0 Å². The van der Waals surface area contributed by atoms with Gasteiger partial charge in [-0.15, -0.1) is 0 Å². The number of allylic oxidation sites excluding steroid dienone is 2. The Bertz CT molecular complexity index is 476. The second kappa shape index (κ2) is 4.94. The van der Waals surface area contributed by atoms with Crippen LogP contribution < -0.4 is 0 Å². The lowest BCUT2D eigenvalue weighted by atomic mass is 9.45. The number of fused-ring (bicyclic) bond motifs is 3. The zero-order chi connectivity index (χ0) is 15.4. The van der Waals surface area contributed by atoms with Gasteiger partial charge in [0.05, 0.1) is 6.10 Å². The van der Waals surface area contributed by atoms with Gasteiger partial charge in [0.1, 0.15) is 0 Å². The van der Waals surface area contributed by atoms with Gasteiger partial charge in [-0.3, -0.25) is 4.79 Å².